The maximum Gasteiger partial charge on any atom is 0.441 e. The Kier molecular flexibility index (Phi) is 6.11. The van der Waals surface area contributed by atoms with Gasteiger partial charge in [0, 0.05) is 24.8 Å². The van der Waals surface area contributed by atoms with Crippen LogP contribution in [0.5, 0.6) is 0 Å². The van der Waals surface area contributed by atoms with Crippen LogP contribution in [-0.4, -0.2) is 36.3 Å². The Morgan fingerprint density at radius 3 is 2.59 bits per heavy atom. The number of hydrogen-bond acceptors (Lipinski definition) is 3. The van der Waals surface area contributed by atoms with E-state index in [-0.39, 0.29) is 23.4 Å². The van der Waals surface area contributed by atoms with Gasteiger partial charge in [0.25, 0.3) is 0 Å². The first-order valence-corrected chi connectivity index (χ1v) is 6.67. The Balaban J connectivity index is 1.82. The molecule has 3 nitrogen and oxygen atoms in total. The molecule has 1 saturated carbocycles. The van der Waals surface area contributed by atoms with E-state index in [1.807, 2.05) is 0 Å². The van der Waals surface area contributed by atoms with Gasteiger partial charge in [-0.25, -0.2) is 0 Å². The number of thioether (sulfide) groups is 1. The van der Waals surface area contributed by atoms with E-state index in [0.29, 0.717) is 32.0 Å². The topological polar surface area (TPSA) is 41.1 Å². The largest absolute Gasteiger partial charge is 0.441 e. The molecule has 1 fully saturated rings. The predicted octanol–water partition coefficient (Wildman–Crippen LogP) is 1.89. The Labute approximate surface area is 103 Å². The van der Waals surface area contributed by atoms with Crippen LogP contribution in [-0.2, 0) is 4.79 Å². The summed E-state index contributed by atoms with van der Waals surface area (Å²) in [5, 5.41) is 5.74. The number of hydrogen-bond donors (Lipinski definition) is 2. The first-order valence-electron chi connectivity index (χ1n) is 5.68. The third kappa shape index (κ3) is 9.29. The molecular weight excluding hydrogens is 253 g/mol. The van der Waals surface area contributed by atoms with Crippen LogP contribution in [0.2, 0.25) is 0 Å². The van der Waals surface area contributed by atoms with Crippen LogP contribution in [0.3, 0.4) is 0 Å². The van der Waals surface area contributed by atoms with Crippen molar-refractivity contribution in [2.45, 2.75) is 37.2 Å². The summed E-state index contributed by atoms with van der Waals surface area (Å²) >= 11 is -0.0272. The van der Waals surface area contributed by atoms with E-state index in [1.54, 1.807) is 0 Å². The number of halogens is 3. The highest BCUT2D eigenvalue weighted by atomic mass is 32.2. The molecule has 1 rings (SSSR count). The smallest absolute Gasteiger partial charge is 0.353 e. The zero-order valence-electron chi connectivity index (χ0n) is 9.48. The highest BCUT2D eigenvalue weighted by Gasteiger charge is 2.27. The third-order valence-electron chi connectivity index (χ3n) is 2.24. The molecule has 1 aliphatic carbocycles. The highest BCUT2D eigenvalue weighted by molar-refractivity contribution is 8.00. The Morgan fingerprint density at radius 1 is 1.29 bits per heavy atom. The quantitative estimate of drug-likeness (QED) is 0.662. The van der Waals surface area contributed by atoms with Crippen LogP contribution in [0, 0.1) is 0 Å². The zero-order chi connectivity index (χ0) is 12.7. The molecule has 0 aromatic carbocycles. The molecule has 100 valence electrons. The number of amides is 1. The van der Waals surface area contributed by atoms with Gasteiger partial charge in [-0.2, -0.15) is 13.2 Å². The van der Waals surface area contributed by atoms with Gasteiger partial charge in [-0.1, -0.05) is 0 Å². The van der Waals surface area contributed by atoms with E-state index in [9.17, 15) is 18.0 Å². The lowest BCUT2D eigenvalue weighted by atomic mass is 10.3. The normalized spacial score (nSPS) is 15.9. The molecule has 2 N–H and O–H groups in total. The van der Waals surface area contributed by atoms with Gasteiger partial charge < -0.3 is 10.6 Å². The summed E-state index contributed by atoms with van der Waals surface area (Å²) < 4.78 is 35.2. The Bertz CT molecular complexity index is 244. The van der Waals surface area contributed by atoms with Crippen molar-refractivity contribution in [2.24, 2.45) is 0 Å². The highest BCUT2D eigenvalue weighted by Crippen LogP contribution is 2.29. The van der Waals surface area contributed by atoms with Crippen molar-refractivity contribution in [1.82, 2.24) is 10.6 Å². The molecule has 0 bridgehead atoms. The SMILES string of the molecule is O=C(CCCNCCSC(F)(F)F)NC1CC1. The standard InChI is InChI=1S/C10H17F3N2OS/c11-10(12,13)17-7-6-14-5-1-2-9(16)15-8-3-4-8/h8,14H,1-7H2,(H,15,16). The number of alkyl halides is 3. The minimum Gasteiger partial charge on any atom is -0.353 e. The first-order chi connectivity index (χ1) is 7.97. The van der Waals surface area contributed by atoms with Gasteiger partial charge in [0.2, 0.25) is 5.91 Å². The number of nitrogens with one attached hydrogen (secondary N) is 2. The Morgan fingerprint density at radius 2 is 2.00 bits per heavy atom. The molecule has 7 heteroatoms. The second-order valence-corrected chi connectivity index (χ2v) is 5.15. The average molecular weight is 270 g/mol. The van der Waals surface area contributed by atoms with Gasteiger partial charge in [0.05, 0.1) is 0 Å². The van der Waals surface area contributed by atoms with Gasteiger partial charge in [-0.3, -0.25) is 4.79 Å². The van der Waals surface area contributed by atoms with Crippen LogP contribution < -0.4 is 10.6 Å². The fourth-order valence-corrected chi connectivity index (χ4v) is 1.74. The molecular formula is C10H17F3N2OS. The minimum atomic E-state index is -4.15. The summed E-state index contributed by atoms with van der Waals surface area (Å²) in [6.07, 6.45) is 3.24. The van der Waals surface area contributed by atoms with Crippen molar-refractivity contribution in [3.8, 4) is 0 Å². The van der Waals surface area contributed by atoms with Gasteiger partial charge in [0.1, 0.15) is 0 Å². The molecule has 0 aromatic rings. The fraction of sp³-hybridized carbons (Fsp3) is 0.900. The van der Waals surface area contributed by atoms with Crippen LogP contribution in [0.1, 0.15) is 25.7 Å². The van der Waals surface area contributed by atoms with Crippen molar-refractivity contribution in [3.63, 3.8) is 0 Å². The van der Waals surface area contributed by atoms with Crippen molar-refractivity contribution in [2.75, 3.05) is 18.8 Å². The molecule has 0 aliphatic heterocycles. The van der Waals surface area contributed by atoms with Gasteiger partial charge in [-0.15, -0.1) is 0 Å². The lowest BCUT2D eigenvalue weighted by Gasteiger charge is -2.07. The minimum absolute atomic E-state index is 0.0117. The molecule has 0 saturated heterocycles. The lowest BCUT2D eigenvalue weighted by Crippen LogP contribution is -2.27. The van der Waals surface area contributed by atoms with E-state index >= 15 is 0 Å². The Hall–Kier alpha value is -0.430. The molecule has 0 atom stereocenters. The molecule has 0 radical (unpaired) electrons. The number of carbonyl (C=O) groups excluding carboxylic acids is 1. The van der Waals surface area contributed by atoms with Crippen molar-refractivity contribution in [3.05, 3.63) is 0 Å². The lowest BCUT2D eigenvalue weighted by molar-refractivity contribution is -0.121. The van der Waals surface area contributed by atoms with Crippen LogP contribution >= 0.6 is 11.8 Å². The predicted molar refractivity (Wildman–Crippen MR) is 61.8 cm³/mol. The number of carbonyl (C=O) groups is 1. The molecule has 1 aliphatic rings. The van der Waals surface area contributed by atoms with E-state index in [1.165, 1.54) is 0 Å². The average Bonchev–Trinajstić information content (AvgIpc) is 2.98. The second-order valence-electron chi connectivity index (χ2n) is 3.99. The van der Waals surface area contributed by atoms with Crippen LogP contribution in [0.15, 0.2) is 0 Å². The molecule has 17 heavy (non-hydrogen) atoms. The molecule has 0 unspecified atom stereocenters. The number of rotatable bonds is 8. The van der Waals surface area contributed by atoms with Gasteiger partial charge >= 0.3 is 5.51 Å². The van der Waals surface area contributed by atoms with Crippen molar-refractivity contribution >= 4 is 17.7 Å². The van der Waals surface area contributed by atoms with E-state index < -0.39 is 5.51 Å². The summed E-state index contributed by atoms with van der Waals surface area (Å²) in [4.78, 5) is 11.2. The first kappa shape index (κ1) is 14.6. The van der Waals surface area contributed by atoms with E-state index in [4.69, 9.17) is 0 Å². The molecule has 0 heterocycles. The van der Waals surface area contributed by atoms with Gasteiger partial charge in [0.15, 0.2) is 0 Å². The summed E-state index contributed by atoms with van der Waals surface area (Å²) in [5.41, 5.74) is -4.15. The fourth-order valence-electron chi connectivity index (χ4n) is 1.27. The zero-order valence-corrected chi connectivity index (χ0v) is 10.3. The molecule has 0 spiro atoms. The second kappa shape index (κ2) is 7.10. The summed E-state index contributed by atoms with van der Waals surface area (Å²) in [7, 11) is 0. The summed E-state index contributed by atoms with van der Waals surface area (Å²) in [5.74, 6) is 0.0524. The summed E-state index contributed by atoms with van der Waals surface area (Å²) in [6, 6.07) is 0.374. The van der Waals surface area contributed by atoms with E-state index in [0.717, 1.165) is 12.8 Å². The van der Waals surface area contributed by atoms with Gasteiger partial charge in [-0.05, 0) is 37.6 Å². The van der Waals surface area contributed by atoms with Crippen LogP contribution in [0.4, 0.5) is 13.2 Å². The van der Waals surface area contributed by atoms with Crippen molar-refractivity contribution < 1.29 is 18.0 Å². The molecule has 1 amide bonds. The third-order valence-corrected chi connectivity index (χ3v) is 2.98. The van der Waals surface area contributed by atoms with Crippen molar-refractivity contribution in [1.29, 1.82) is 0 Å². The maximum absolute atomic E-state index is 11.7. The maximum atomic E-state index is 11.7. The van der Waals surface area contributed by atoms with E-state index in [2.05, 4.69) is 10.6 Å². The monoisotopic (exact) mass is 270 g/mol. The van der Waals surface area contributed by atoms with Crippen LogP contribution in [0.25, 0.3) is 0 Å². The molecule has 0 aromatic heterocycles. The summed E-state index contributed by atoms with van der Waals surface area (Å²) in [6.45, 7) is 0.894.